The molecular formula is C55H80N12O17. The molecule has 29 nitrogen and oxygen atoms in total. The fourth-order valence-corrected chi connectivity index (χ4v) is 8.71. The van der Waals surface area contributed by atoms with Crippen molar-refractivity contribution in [3.63, 3.8) is 0 Å². The number of fused-ring (bicyclic) bond motifs is 1. The summed E-state index contributed by atoms with van der Waals surface area (Å²) < 4.78 is 0. The van der Waals surface area contributed by atoms with Crippen LogP contribution >= 0.6 is 0 Å². The molecule has 1 aliphatic carbocycles. The molecule has 1 saturated carbocycles. The molecule has 0 aliphatic heterocycles. The van der Waals surface area contributed by atoms with E-state index in [0.717, 1.165) is 16.3 Å². The number of aliphatic carboxylic acids is 3. The van der Waals surface area contributed by atoms with Crippen molar-refractivity contribution in [3.05, 3.63) is 48.0 Å². The fraction of sp³-hybridized carbons (Fsp3) is 0.564. The molecule has 1 aliphatic rings. The van der Waals surface area contributed by atoms with E-state index >= 15 is 0 Å². The van der Waals surface area contributed by atoms with E-state index in [1.165, 1.54) is 48.5 Å². The van der Waals surface area contributed by atoms with Gasteiger partial charge in [-0.1, -0.05) is 42.5 Å². The molecule has 0 saturated heterocycles. The summed E-state index contributed by atoms with van der Waals surface area (Å²) in [4.78, 5) is 174. The molecule has 0 aromatic heterocycles. The van der Waals surface area contributed by atoms with Gasteiger partial charge in [-0.05, 0) is 115 Å². The van der Waals surface area contributed by atoms with Gasteiger partial charge in [0.25, 0.3) is 0 Å². The maximum atomic E-state index is 13.8. The van der Waals surface area contributed by atoms with Crippen LogP contribution in [0, 0.1) is 11.8 Å². The molecule has 0 spiro atoms. The number of unbranched alkanes of at least 4 members (excludes halogenated alkanes) is 1. The van der Waals surface area contributed by atoms with Crippen molar-refractivity contribution in [1.82, 2.24) is 63.8 Å². The minimum atomic E-state index is -1.56. The number of hydrogen-bond acceptors (Lipinski definition) is 14. The first-order valence-corrected chi connectivity index (χ1v) is 27.7. The molecule has 15 N–H and O–H groups in total. The minimum absolute atomic E-state index is 0.00129. The highest BCUT2D eigenvalue weighted by Gasteiger charge is 2.32. The molecule has 0 heterocycles. The molecular weight excluding hydrogens is 1100 g/mol. The Kier molecular flexibility index (Phi) is 28.5. The Morgan fingerprint density at radius 2 is 0.964 bits per heavy atom. The van der Waals surface area contributed by atoms with Gasteiger partial charge in [-0.15, -0.1) is 0 Å². The van der Waals surface area contributed by atoms with Gasteiger partial charge in [-0.25, -0.2) is 14.4 Å². The highest BCUT2D eigenvalue weighted by Crippen LogP contribution is 2.29. The third kappa shape index (κ3) is 24.7. The molecule has 12 amide bonds. The van der Waals surface area contributed by atoms with E-state index in [1.807, 2.05) is 42.5 Å². The predicted molar refractivity (Wildman–Crippen MR) is 301 cm³/mol. The van der Waals surface area contributed by atoms with Crippen molar-refractivity contribution >= 4 is 93.8 Å². The topological polar surface area (TPSA) is 444 Å². The summed E-state index contributed by atoms with van der Waals surface area (Å²) in [6.07, 6.45) is 1.63. The molecule has 0 bridgehead atoms. The molecule has 2 aromatic rings. The Bertz CT molecular complexity index is 2720. The summed E-state index contributed by atoms with van der Waals surface area (Å²) >= 11 is 0. The maximum Gasteiger partial charge on any atom is 0.326 e. The monoisotopic (exact) mass is 1180 g/mol. The maximum absolute atomic E-state index is 13.8. The second-order valence-corrected chi connectivity index (χ2v) is 20.9. The lowest BCUT2D eigenvalue weighted by atomic mass is 9.81. The van der Waals surface area contributed by atoms with Crippen LogP contribution in [0.3, 0.4) is 0 Å². The fourth-order valence-electron chi connectivity index (χ4n) is 8.71. The van der Waals surface area contributed by atoms with Crippen LogP contribution in [-0.2, 0) is 68.7 Å². The molecule has 2 aromatic carbocycles. The zero-order valence-corrected chi connectivity index (χ0v) is 48.1. The highest BCUT2D eigenvalue weighted by atomic mass is 16.4. The van der Waals surface area contributed by atoms with E-state index in [-0.39, 0.29) is 50.6 Å². The number of benzene rings is 2. The standard InChI is InChI=1S/C55H80N12O17/c1-28(60-47(74)30(3)62-49(76)32(5)64-50(77)33(6)63-48(75)31(4)61-46(73)29(2)59-34(7)68)45(72)58-27-43(69)57-26-35-15-19-38(20-16-35)51(78)65-42(25-36-17-18-37-12-8-9-13-39(37)24-36)52(79)56-23-11-10-14-40(53(80)81)66-55(84)67-41(54(82)83)21-22-44(70)71/h8-9,12-13,17-18,24,28-33,35,38,40-42H,10-11,14-16,19-23,25-27H2,1-7H3,(H,56,79)(H,57,69)(H,58,72)(H,59,68)(H,60,74)(H,61,73)(H,62,76)(H,63,75)(H,64,77)(H,65,78)(H,70,71)(H,80,81)(H,82,83)(H2,66,67,84)/t28-,29-,30-,31-,32-,33-,35?,38?,40-,41-,42-/m0/s1. The van der Waals surface area contributed by atoms with Crippen molar-refractivity contribution in [2.75, 3.05) is 19.6 Å². The van der Waals surface area contributed by atoms with Gasteiger partial charge in [-0.3, -0.25) is 52.7 Å². The van der Waals surface area contributed by atoms with Gasteiger partial charge in [0.2, 0.25) is 59.1 Å². The number of carboxylic acids is 3. The number of nitrogens with one attached hydrogen (secondary N) is 12. The van der Waals surface area contributed by atoms with Crippen LogP contribution in [0.2, 0.25) is 0 Å². The van der Waals surface area contributed by atoms with Gasteiger partial charge >= 0.3 is 23.9 Å². The Hall–Kier alpha value is -8.92. The molecule has 1 fully saturated rings. The first kappa shape index (κ1) is 69.3. The number of carboxylic acid groups (broad SMARTS) is 3. The Balaban J connectivity index is 1.42. The smallest absolute Gasteiger partial charge is 0.326 e. The number of carbonyl (C=O) groups excluding carboxylic acids is 11. The van der Waals surface area contributed by atoms with Crippen molar-refractivity contribution in [2.45, 2.75) is 167 Å². The molecule has 0 radical (unpaired) electrons. The molecule has 3 rings (SSSR count). The Morgan fingerprint density at radius 1 is 0.488 bits per heavy atom. The zero-order valence-electron chi connectivity index (χ0n) is 48.1. The first-order chi connectivity index (χ1) is 39.5. The van der Waals surface area contributed by atoms with Crippen LogP contribution in [-0.4, -0.2) is 172 Å². The van der Waals surface area contributed by atoms with Crippen LogP contribution in [0.4, 0.5) is 4.79 Å². The van der Waals surface area contributed by atoms with E-state index in [0.29, 0.717) is 25.7 Å². The van der Waals surface area contributed by atoms with Crippen LogP contribution in [0.15, 0.2) is 42.5 Å². The average Bonchev–Trinajstić information content (AvgIpc) is 3.59. The third-order valence-electron chi connectivity index (χ3n) is 13.8. The lowest BCUT2D eigenvalue weighted by molar-refractivity contribution is -0.141. The van der Waals surface area contributed by atoms with E-state index in [2.05, 4.69) is 63.8 Å². The second-order valence-electron chi connectivity index (χ2n) is 20.9. The normalized spacial score (nSPS) is 16.9. The number of hydrogen-bond donors (Lipinski definition) is 15. The molecule has 29 heteroatoms. The molecule has 0 unspecified atom stereocenters. The van der Waals surface area contributed by atoms with Gasteiger partial charge in [0.15, 0.2) is 0 Å². The SMILES string of the molecule is CC(=O)N[C@@H](C)C(=O)N[C@@H](C)C(=O)N[C@@H](C)C(=O)N[C@@H](C)C(=O)N[C@@H](C)C(=O)N[C@@H](C)C(=O)NCC(=O)NCC1CCC(C(=O)N[C@@H](Cc2ccc3ccccc3c2)C(=O)NCCCC[C@H](NC(=O)N[C@@H](CCC(=O)O)C(=O)O)C(=O)O)CC1. The summed E-state index contributed by atoms with van der Waals surface area (Å²) in [6, 6.07) is 1.66. The van der Waals surface area contributed by atoms with Gasteiger partial charge in [0, 0.05) is 38.8 Å². The number of urea groups is 1. The van der Waals surface area contributed by atoms with E-state index in [9.17, 15) is 77.3 Å². The third-order valence-corrected chi connectivity index (χ3v) is 13.8. The lowest BCUT2D eigenvalue weighted by Crippen LogP contribution is -2.57. The summed E-state index contributed by atoms with van der Waals surface area (Å²) in [7, 11) is 0. The van der Waals surface area contributed by atoms with Crippen LogP contribution in [0.5, 0.6) is 0 Å². The van der Waals surface area contributed by atoms with Crippen molar-refractivity contribution in [2.24, 2.45) is 11.8 Å². The zero-order chi connectivity index (χ0) is 62.8. The Labute approximate surface area is 485 Å². The lowest BCUT2D eigenvalue weighted by Gasteiger charge is -2.29. The summed E-state index contributed by atoms with van der Waals surface area (Å²) in [5.74, 6) is -10.7. The van der Waals surface area contributed by atoms with E-state index in [1.54, 1.807) is 0 Å². The van der Waals surface area contributed by atoms with E-state index < -0.39 is 157 Å². The van der Waals surface area contributed by atoms with Gasteiger partial charge in [0.1, 0.15) is 54.4 Å². The summed E-state index contributed by atoms with van der Waals surface area (Å²) in [5.41, 5.74) is 0.783. The number of rotatable bonds is 33. The predicted octanol–water partition coefficient (Wildman–Crippen LogP) is -1.69. The van der Waals surface area contributed by atoms with Crippen molar-refractivity contribution in [3.8, 4) is 0 Å². The summed E-state index contributed by atoms with van der Waals surface area (Å²) in [5, 5.41) is 59.5. The first-order valence-electron chi connectivity index (χ1n) is 27.7. The molecule has 462 valence electrons. The van der Waals surface area contributed by atoms with E-state index in [4.69, 9.17) is 5.11 Å². The second kappa shape index (κ2) is 34.5. The number of amides is 12. The van der Waals surface area contributed by atoms with Gasteiger partial charge < -0.3 is 79.1 Å². The van der Waals surface area contributed by atoms with Crippen LogP contribution in [0.1, 0.15) is 112 Å². The number of carbonyl (C=O) groups is 14. The Morgan fingerprint density at radius 3 is 1.45 bits per heavy atom. The largest absolute Gasteiger partial charge is 0.481 e. The summed E-state index contributed by atoms with van der Waals surface area (Å²) in [6.45, 7) is 9.36. The van der Waals surface area contributed by atoms with Crippen LogP contribution < -0.4 is 63.8 Å². The van der Waals surface area contributed by atoms with Crippen molar-refractivity contribution in [1.29, 1.82) is 0 Å². The molecule has 84 heavy (non-hydrogen) atoms. The van der Waals surface area contributed by atoms with Gasteiger partial charge in [-0.2, -0.15) is 0 Å². The molecule has 9 atom stereocenters. The van der Waals surface area contributed by atoms with Crippen LogP contribution in [0.25, 0.3) is 10.8 Å². The van der Waals surface area contributed by atoms with Gasteiger partial charge in [0.05, 0.1) is 6.54 Å². The average molecular weight is 1180 g/mol. The quantitative estimate of drug-likeness (QED) is 0.0355. The highest BCUT2D eigenvalue weighted by molar-refractivity contribution is 5.97. The van der Waals surface area contributed by atoms with Crippen molar-refractivity contribution < 1.29 is 82.4 Å². The minimum Gasteiger partial charge on any atom is -0.481 e.